The lowest BCUT2D eigenvalue weighted by molar-refractivity contribution is 0.0711. The third-order valence-electron chi connectivity index (χ3n) is 5.79. The number of rotatable bonds is 6. The van der Waals surface area contributed by atoms with Crippen LogP contribution in [0.4, 0.5) is 0 Å². The summed E-state index contributed by atoms with van der Waals surface area (Å²) in [5.74, 6) is -0.173. The van der Waals surface area contributed by atoms with Crippen LogP contribution in [0.3, 0.4) is 0 Å². The molecule has 0 saturated carbocycles. The van der Waals surface area contributed by atoms with Gasteiger partial charge in [0.15, 0.2) is 0 Å². The van der Waals surface area contributed by atoms with Crippen molar-refractivity contribution < 1.29 is 17.7 Å². The van der Waals surface area contributed by atoms with Gasteiger partial charge in [0.2, 0.25) is 15.8 Å². The van der Waals surface area contributed by atoms with Gasteiger partial charge in [0.05, 0.1) is 4.90 Å². The number of benzene rings is 2. The second-order valence-electron chi connectivity index (χ2n) is 8.42. The molecule has 9 heteroatoms. The van der Waals surface area contributed by atoms with E-state index >= 15 is 0 Å². The molecule has 1 saturated heterocycles. The molecule has 4 rings (SSSR count). The second kappa shape index (κ2) is 9.84. The molecule has 1 aromatic heterocycles. The molecule has 0 spiro atoms. The number of carbonyl (C=O) groups excluding carboxylic acids is 1. The molecule has 174 valence electrons. The topological polar surface area (TPSA) is 105 Å². The van der Waals surface area contributed by atoms with Gasteiger partial charge in [-0.25, -0.2) is 13.1 Å². The Kier molecular flexibility index (Phi) is 6.90. The summed E-state index contributed by atoms with van der Waals surface area (Å²) in [4.78, 5) is 18.9. The van der Waals surface area contributed by atoms with Crippen LogP contribution in [0, 0.1) is 13.8 Å². The Hall–Kier alpha value is -3.04. The number of nitrogens with zero attached hydrogens (tertiary/aromatic N) is 3. The molecule has 0 unspecified atom stereocenters. The average molecular weight is 469 g/mol. The summed E-state index contributed by atoms with van der Waals surface area (Å²) < 4.78 is 33.9. The van der Waals surface area contributed by atoms with Gasteiger partial charge in [-0.15, -0.1) is 0 Å². The number of sulfonamides is 1. The van der Waals surface area contributed by atoms with Crippen LogP contribution in [0.15, 0.2) is 51.9 Å². The zero-order valence-electron chi connectivity index (χ0n) is 18.9. The Morgan fingerprint density at radius 1 is 1.06 bits per heavy atom. The summed E-state index contributed by atoms with van der Waals surface area (Å²) in [6.45, 7) is 5.23. The first kappa shape index (κ1) is 23.1. The van der Waals surface area contributed by atoms with Crippen molar-refractivity contribution in [2.45, 2.75) is 51.0 Å². The summed E-state index contributed by atoms with van der Waals surface area (Å²) in [6.07, 6.45) is 4.14. The van der Waals surface area contributed by atoms with Crippen LogP contribution in [-0.2, 0) is 16.6 Å². The first-order valence-corrected chi connectivity index (χ1v) is 12.6. The van der Waals surface area contributed by atoms with E-state index in [2.05, 4.69) is 14.9 Å². The van der Waals surface area contributed by atoms with E-state index in [1.807, 2.05) is 31.2 Å². The summed E-state index contributed by atoms with van der Waals surface area (Å²) in [5.41, 5.74) is 3.00. The van der Waals surface area contributed by atoms with E-state index in [0.29, 0.717) is 24.2 Å². The monoisotopic (exact) mass is 468 g/mol. The molecule has 33 heavy (non-hydrogen) atoms. The number of carbonyl (C=O) groups is 1. The minimum absolute atomic E-state index is 0.0746. The van der Waals surface area contributed by atoms with Crippen LogP contribution in [0.5, 0.6) is 0 Å². The molecule has 2 heterocycles. The first-order valence-electron chi connectivity index (χ1n) is 11.1. The van der Waals surface area contributed by atoms with Gasteiger partial charge >= 0.3 is 11.8 Å². The van der Waals surface area contributed by atoms with E-state index in [9.17, 15) is 13.2 Å². The second-order valence-corrected chi connectivity index (χ2v) is 10.2. The Morgan fingerprint density at radius 2 is 1.82 bits per heavy atom. The van der Waals surface area contributed by atoms with Crippen molar-refractivity contribution >= 4 is 15.9 Å². The van der Waals surface area contributed by atoms with Gasteiger partial charge in [-0.1, -0.05) is 60.0 Å². The Bertz CT molecular complexity index is 1240. The fraction of sp³-hybridized carbons (Fsp3) is 0.375. The van der Waals surface area contributed by atoms with Gasteiger partial charge < -0.3 is 9.42 Å². The van der Waals surface area contributed by atoms with E-state index in [0.717, 1.165) is 36.8 Å². The van der Waals surface area contributed by atoms with Crippen LogP contribution in [0.2, 0.25) is 0 Å². The fourth-order valence-corrected chi connectivity index (χ4v) is 5.23. The van der Waals surface area contributed by atoms with Crippen molar-refractivity contribution in [2.24, 2.45) is 0 Å². The van der Waals surface area contributed by atoms with Crippen molar-refractivity contribution in [3.05, 3.63) is 65.0 Å². The minimum Gasteiger partial charge on any atom is -0.334 e. The predicted molar refractivity (Wildman–Crippen MR) is 124 cm³/mol. The lowest BCUT2D eigenvalue weighted by Crippen LogP contribution is -2.32. The summed E-state index contributed by atoms with van der Waals surface area (Å²) in [5, 5.41) is 3.93. The minimum atomic E-state index is -3.77. The highest BCUT2D eigenvalue weighted by Crippen LogP contribution is 2.24. The van der Waals surface area contributed by atoms with Crippen molar-refractivity contribution in [3.8, 4) is 11.4 Å². The first-order chi connectivity index (χ1) is 15.8. The van der Waals surface area contributed by atoms with Gasteiger partial charge in [0.25, 0.3) is 0 Å². The summed E-state index contributed by atoms with van der Waals surface area (Å²) in [7, 11) is -3.77. The zero-order valence-corrected chi connectivity index (χ0v) is 19.7. The molecule has 8 nitrogen and oxygen atoms in total. The summed E-state index contributed by atoms with van der Waals surface area (Å²) in [6, 6.07) is 12.6. The molecule has 1 fully saturated rings. The van der Waals surface area contributed by atoms with Gasteiger partial charge in [-0.2, -0.15) is 4.98 Å². The van der Waals surface area contributed by atoms with E-state index in [-0.39, 0.29) is 29.1 Å². The number of hydrogen-bond donors (Lipinski definition) is 1. The maximum Gasteiger partial charge on any atom is 0.316 e. The number of amides is 1. The zero-order chi connectivity index (χ0) is 23.4. The molecule has 1 N–H and O–H groups in total. The Labute approximate surface area is 194 Å². The third kappa shape index (κ3) is 5.48. The molecule has 0 aliphatic carbocycles. The number of nitrogens with one attached hydrogen (secondary N) is 1. The standard InChI is InChI=1S/C24H28N4O4S/c1-17-8-7-9-19(14-17)16-25-33(30,31)21-15-20(11-10-18(21)2)22-26-23(32-27-22)24(29)28-12-5-3-4-6-13-28/h7-11,14-15,25H,3-6,12-13,16H2,1-2H3. The van der Waals surface area contributed by atoms with E-state index in [4.69, 9.17) is 4.52 Å². The maximum atomic E-state index is 13.0. The van der Waals surface area contributed by atoms with Crippen LogP contribution < -0.4 is 4.72 Å². The molecule has 0 atom stereocenters. The molecular formula is C24H28N4O4S. The Morgan fingerprint density at radius 3 is 2.55 bits per heavy atom. The highest BCUT2D eigenvalue weighted by atomic mass is 32.2. The van der Waals surface area contributed by atoms with E-state index in [1.54, 1.807) is 24.0 Å². The maximum absolute atomic E-state index is 13.0. The lowest BCUT2D eigenvalue weighted by Gasteiger charge is -2.17. The quantitative estimate of drug-likeness (QED) is 0.589. The highest BCUT2D eigenvalue weighted by Gasteiger charge is 2.24. The average Bonchev–Trinajstić information content (AvgIpc) is 3.13. The molecular weight excluding hydrogens is 440 g/mol. The van der Waals surface area contributed by atoms with Gasteiger partial charge in [-0.05, 0) is 43.9 Å². The fourth-order valence-electron chi connectivity index (χ4n) is 3.94. The van der Waals surface area contributed by atoms with Crippen LogP contribution in [0.1, 0.15) is 53.1 Å². The number of aromatic nitrogens is 2. The normalized spacial score (nSPS) is 14.8. The molecule has 2 aromatic carbocycles. The van der Waals surface area contributed by atoms with Gasteiger partial charge in [0.1, 0.15) is 0 Å². The molecule has 1 aliphatic rings. The molecule has 1 aliphatic heterocycles. The van der Waals surface area contributed by atoms with Gasteiger partial charge in [-0.3, -0.25) is 4.79 Å². The van der Waals surface area contributed by atoms with Crippen LogP contribution >= 0.6 is 0 Å². The number of hydrogen-bond acceptors (Lipinski definition) is 6. The van der Waals surface area contributed by atoms with Crippen LogP contribution in [-0.4, -0.2) is 42.5 Å². The van der Waals surface area contributed by atoms with Crippen LogP contribution in [0.25, 0.3) is 11.4 Å². The molecule has 1 amide bonds. The molecule has 0 bridgehead atoms. The Balaban J connectivity index is 1.54. The smallest absolute Gasteiger partial charge is 0.316 e. The van der Waals surface area contributed by atoms with E-state index < -0.39 is 10.0 Å². The lowest BCUT2D eigenvalue weighted by atomic mass is 10.1. The predicted octanol–water partition coefficient (Wildman–Crippen LogP) is 3.85. The largest absolute Gasteiger partial charge is 0.334 e. The molecule has 0 radical (unpaired) electrons. The van der Waals surface area contributed by atoms with E-state index in [1.165, 1.54) is 6.07 Å². The van der Waals surface area contributed by atoms with Gasteiger partial charge in [0, 0.05) is 25.2 Å². The van der Waals surface area contributed by atoms with Crippen molar-refractivity contribution in [3.63, 3.8) is 0 Å². The van der Waals surface area contributed by atoms with Crippen molar-refractivity contribution in [1.29, 1.82) is 0 Å². The highest BCUT2D eigenvalue weighted by molar-refractivity contribution is 7.89. The van der Waals surface area contributed by atoms with Crippen molar-refractivity contribution in [1.82, 2.24) is 19.8 Å². The third-order valence-corrected chi connectivity index (χ3v) is 7.33. The molecule has 3 aromatic rings. The SMILES string of the molecule is Cc1cccc(CNS(=O)(=O)c2cc(-c3noc(C(=O)N4CCCCCC4)n3)ccc2C)c1. The number of likely N-dealkylation sites (tertiary alicyclic amines) is 1. The van der Waals surface area contributed by atoms with Crippen molar-refractivity contribution in [2.75, 3.05) is 13.1 Å². The number of aryl methyl sites for hydroxylation is 2. The summed E-state index contributed by atoms with van der Waals surface area (Å²) >= 11 is 0.